The van der Waals surface area contributed by atoms with Crippen molar-refractivity contribution in [1.29, 1.82) is 0 Å². The summed E-state index contributed by atoms with van der Waals surface area (Å²) in [6, 6.07) is 3.95. The minimum absolute atomic E-state index is 0.221. The molecule has 0 aromatic carbocycles. The van der Waals surface area contributed by atoms with Crippen LogP contribution in [-0.4, -0.2) is 24.7 Å². The van der Waals surface area contributed by atoms with Crippen LogP contribution in [0, 0.1) is 6.92 Å². The lowest BCUT2D eigenvalue weighted by atomic mass is 10.3. The van der Waals surface area contributed by atoms with E-state index in [4.69, 9.17) is 0 Å². The van der Waals surface area contributed by atoms with Gasteiger partial charge in [0, 0.05) is 10.6 Å². The highest BCUT2D eigenvalue weighted by Gasteiger charge is 2.15. The van der Waals surface area contributed by atoms with E-state index in [0.717, 1.165) is 10.6 Å². The number of hydrogen-bond acceptors (Lipinski definition) is 4. The highest BCUT2D eigenvalue weighted by Crippen LogP contribution is 2.17. The molecule has 0 spiro atoms. The van der Waals surface area contributed by atoms with E-state index in [1.807, 2.05) is 24.4 Å². The normalized spacial score (nSPS) is 10.9. The minimum Gasteiger partial charge on any atom is -0.348 e. The van der Waals surface area contributed by atoms with Gasteiger partial charge in [0.2, 0.25) is 0 Å². The highest BCUT2D eigenvalue weighted by molar-refractivity contribution is 7.09. The van der Waals surface area contributed by atoms with Crippen molar-refractivity contribution in [3.63, 3.8) is 0 Å². The molecule has 2 N–H and O–H groups in total. The Balaban J connectivity index is 2.07. The Morgan fingerprint density at radius 2 is 2.39 bits per heavy atom. The molecule has 0 bridgehead atoms. The van der Waals surface area contributed by atoms with E-state index in [1.54, 1.807) is 22.2 Å². The van der Waals surface area contributed by atoms with Gasteiger partial charge >= 0.3 is 5.69 Å². The smallest absolute Gasteiger partial charge is 0.343 e. The van der Waals surface area contributed by atoms with Crippen LogP contribution < -0.4 is 5.69 Å². The van der Waals surface area contributed by atoms with Crippen LogP contribution in [0.1, 0.15) is 10.6 Å². The maximum atomic E-state index is 11.8. The lowest BCUT2D eigenvalue weighted by molar-refractivity contribution is 0.777. The van der Waals surface area contributed by atoms with E-state index in [-0.39, 0.29) is 5.69 Å². The van der Waals surface area contributed by atoms with E-state index in [2.05, 4.69) is 20.2 Å². The SMILES string of the molecule is Cc1[nH]cnc1-c1n[nH]c(=O)n1Cc1cccs1. The third-order valence-corrected chi connectivity index (χ3v) is 3.56. The van der Waals surface area contributed by atoms with Crippen LogP contribution in [-0.2, 0) is 6.54 Å². The molecule has 18 heavy (non-hydrogen) atoms. The molecule has 0 unspecified atom stereocenters. The molecule has 0 fully saturated rings. The summed E-state index contributed by atoms with van der Waals surface area (Å²) >= 11 is 1.61. The Labute approximate surface area is 106 Å². The maximum absolute atomic E-state index is 11.8. The van der Waals surface area contributed by atoms with Gasteiger partial charge in [-0.05, 0) is 18.4 Å². The van der Waals surface area contributed by atoms with Gasteiger partial charge in [-0.3, -0.25) is 4.57 Å². The van der Waals surface area contributed by atoms with Gasteiger partial charge in [0.15, 0.2) is 5.82 Å². The molecule has 0 radical (unpaired) electrons. The van der Waals surface area contributed by atoms with Gasteiger partial charge in [-0.2, -0.15) is 5.10 Å². The summed E-state index contributed by atoms with van der Waals surface area (Å²) in [7, 11) is 0. The van der Waals surface area contributed by atoms with Crippen molar-refractivity contribution < 1.29 is 0 Å². The molecule has 7 heteroatoms. The number of H-pyrrole nitrogens is 2. The summed E-state index contributed by atoms with van der Waals surface area (Å²) in [6.45, 7) is 2.41. The Bertz CT molecular complexity index is 706. The molecule has 3 heterocycles. The first kappa shape index (κ1) is 11.0. The average Bonchev–Trinajstić information content (AvgIpc) is 3.05. The highest BCUT2D eigenvalue weighted by atomic mass is 32.1. The van der Waals surface area contributed by atoms with Crippen LogP contribution in [0.3, 0.4) is 0 Å². The Morgan fingerprint density at radius 1 is 1.50 bits per heavy atom. The molecule has 0 saturated carbocycles. The number of aromatic nitrogens is 5. The van der Waals surface area contributed by atoms with Crippen LogP contribution in [0.25, 0.3) is 11.5 Å². The third kappa shape index (κ3) is 1.78. The summed E-state index contributed by atoms with van der Waals surface area (Å²) in [5, 5.41) is 8.51. The monoisotopic (exact) mass is 261 g/mol. The number of hydrogen-bond donors (Lipinski definition) is 2. The maximum Gasteiger partial charge on any atom is 0.343 e. The minimum atomic E-state index is -0.221. The van der Waals surface area contributed by atoms with Crippen LogP contribution in [0.5, 0.6) is 0 Å². The average molecular weight is 261 g/mol. The van der Waals surface area contributed by atoms with Crippen molar-refractivity contribution in [1.82, 2.24) is 24.7 Å². The van der Waals surface area contributed by atoms with E-state index in [9.17, 15) is 4.79 Å². The van der Waals surface area contributed by atoms with Crippen LogP contribution >= 0.6 is 11.3 Å². The van der Waals surface area contributed by atoms with Gasteiger partial charge in [-0.1, -0.05) is 6.07 Å². The van der Waals surface area contributed by atoms with Crippen molar-refractivity contribution in [2.24, 2.45) is 0 Å². The van der Waals surface area contributed by atoms with Gasteiger partial charge in [0.05, 0.1) is 12.9 Å². The molecule has 0 aliphatic heterocycles. The summed E-state index contributed by atoms with van der Waals surface area (Å²) in [5.41, 5.74) is 1.37. The second-order valence-corrected chi connectivity index (χ2v) is 4.93. The number of aromatic amines is 2. The van der Waals surface area contributed by atoms with Crippen LogP contribution in [0.4, 0.5) is 0 Å². The number of thiophene rings is 1. The fourth-order valence-corrected chi connectivity index (χ4v) is 2.48. The van der Waals surface area contributed by atoms with E-state index < -0.39 is 0 Å². The molecule has 6 nitrogen and oxygen atoms in total. The molecule has 0 saturated heterocycles. The molecule has 0 aliphatic rings. The van der Waals surface area contributed by atoms with Gasteiger partial charge in [-0.15, -0.1) is 11.3 Å². The lowest BCUT2D eigenvalue weighted by Gasteiger charge is -2.02. The van der Waals surface area contributed by atoms with Crippen LogP contribution in [0.15, 0.2) is 28.6 Å². The topological polar surface area (TPSA) is 79.4 Å². The molecular formula is C11H11N5OS. The zero-order valence-corrected chi connectivity index (χ0v) is 10.5. The number of nitrogens with zero attached hydrogens (tertiary/aromatic N) is 3. The third-order valence-electron chi connectivity index (χ3n) is 2.69. The van der Waals surface area contributed by atoms with Gasteiger partial charge < -0.3 is 4.98 Å². The molecule has 0 atom stereocenters. The van der Waals surface area contributed by atoms with E-state index >= 15 is 0 Å². The Morgan fingerprint density at radius 3 is 3.06 bits per heavy atom. The molecule has 3 rings (SSSR count). The second kappa shape index (κ2) is 4.26. The summed E-state index contributed by atoms with van der Waals surface area (Å²) in [5.74, 6) is 0.562. The largest absolute Gasteiger partial charge is 0.348 e. The molecule has 92 valence electrons. The molecule has 3 aromatic rings. The number of imidazole rings is 1. The van der Waals surface area contributed by atoms with Gasteiger partial charge in [-0.25, -0.2) is 14.9 Å². The fraction of sp³-hybridized carbons (Fsp3) is 0.182. The molecule has 0 aliphatic carbocycles. The van der Waals surface area contributed by atoms with Crippen molar-refractivity contribution >= 4 is 11.3 Å². The molecular weight excluding hydrogens is 250 g/mol. The summed E-state index contributed by atoms with van der Waals surface area (Å²) < 4.78 is 1.59. The Hall–Kier alpha value is -2.15. The first-order chi connectivity index (χ1) is 8.75. The number of aryl methyl sites for hydroxylation is 1. The first-order valence-corrected chi connectivity index (χ1v) is 6.31. The van der Waals surface area contributed by atoms with Gasteiger partial charge in [0.1, 0.15) is 5.69 Å². The van der Waals surface area contributed by atoms with E-state index in [0.29, 0.717) is 18.1 Å². The summed E-state index contributed by atoms with van der Waals surface area (Å²) in [6.07, 6.45) is 1.60. The summed E-state index contributed by atoms with van der Waals surface area (Å²) in [4.78, 5) is 20.1. The van der Waals surface area contributed by atoms with Gasteiger partial charge in [0.25, 0.3) is 0 Å². The lowest BCUT2D eigenvalue weighted by Crippen LogP contribution is -2.18. The zero-order chi connectivity index (χ0) is 12.5. The first-order valence-electron chi connectivity index (χ1n) is 5.43. The predicted octanol–water partition coefficient (Wildman–Crippen LogP) is 1.38. The fourth-order valence-electron chi connectivity index (χ4n) is 1.79. The second-order valence-electron chi connectivity index (χ2n) is 3.89. The van der Waals surface area contributed by atoms with Crippen molar-refractivity contribution in [2.45, 2.75) is 13.5 Å². The Kier molecular flexibility index (Phi) is 2.60. The van der Waals surface area contributed by atoms with E-state index in [1.165, 1.54) is 0 Å². The number of nitrogens with one attached hydrogen (secondary N) is 2. The van der Waals surface area contributed by atoms with Crippen molar-refractivity contribution in [3.8, 4) is 11.5 Å². The zero-order valence-electron chi connectivity index (χ0n) is 9.67. The standard InChI is InChI=1S/C11H11N5OS/c1-7-9(13-6-12-7)10-14-15-11(17)16(10)5-8-3-2-4-18-8/h2-4,6H,5H2,1H3,(H,12,13)(H,15,17). The predicted molar refractivity (Wildman–Crippen MR) is 68.6 cm³/mol. The van der Waals surface area contributed by atoms with Crippen molar-refractivity contribution in [2.75, 3.05) is 0 Å². The van der Waals surface area contributed by atoms with Crippen LogP contribution in [0.2, 0.25) is 0 Å². The molecule has 0 amide bonds. The molecule has 3 aromatic heterocycles. The quantitative estimate of drug-likeness (QED) is 0.747. The van der Waals surface area contributed by atoms with Crippen molar-refractivity contribution in [3.05, 3.63) is 44.9 Å². The number of rotatable bonds is 3.